The lowest BCUT2D eigenvalue weighted by atomic mass is 9.96. The summed E-state index contributed by atoms with van der Waals surface area (Å²) in [5.74, 6) is -0.246. The minimum atomic E-state index is -0.869. The Hall–Kier alpha value is -3.15. The van der Waals surface area contributed by atoms with E-state index in [4.69, 9.17) is 5.11 Å². The maximum Gasteiger partial charge on any atom is 0.407 e. The van der Waals surface area contributed by atoms with Crippen LogP contribution in [0, 0.1) is 12.7 Å². The van der Waals surface area contributed by atoms with E-state index in [0.29, 0.717) is 18.7 Å². The number of halogens is 1. The van der Waals surface area contributed by atoms with Crippen LogP contribution < -0.4 is 5.32 Å². The van der Waals surface area contributed by atoms with Crippen LogP contribution in [0.4, 0.5) is 14.9 Å². The quantitative estimate of drug-likeness (QED) is 0.679. The normalized spacial score (nSPS) is 15.0. The van der Waals surface area contributed by atoms with Crippen LogP contribution in [0.5, 0.6) is 0 Å². The van der Waals surface area contributed by atoms with Gasteiger partial charge in [-0.3, -0.25) is 4.98 Å². The van der Waals surface area contributed by atoms with Gasteiger partial charge < -0.3 is 15.3 Å². The molecule has 0 spiro atoms. The molecule has 1 fully saturated rings. The number of hydrogen-bond donors (Lipinski definition) is 2. The minimum absolute atomic E-state index is 0.170. The Morgan fingerprint density at radius 3 is 2.75 bits per heavy atom. The first kappa shape index (κ1) is 18.2. The maximum atomic E-state index is 14.5. The van der Waals surface area contributed by atoms with Crippen LogP contribution in [0.3, 0.4) is 0 Å². The van der Waals surface area contributed by atoms with Gasteiger partial charge in [0.15, 0.2) is 0 Å². The highest BCUT2D eigenvalue weighted by Gasteiger charge is 2.23. The number of anilines is 1. The fourth-order valence-corrected chi connectivity index (χ4v) is 3.91. The monoisotopic (exact) mass is 379 g/mol. The molecule has 144 valence electrons. The first-order chi connectivity index (χ1) is 13.5. The second kappa shape index (κ2) is 7.46. The minimum Gasteiger partial charge on any atom is -0.465 e. The molecule has 1 amide bonds. The van der Waals surface area contributed by atoms with Gasteiger partial charge in [-0.1, -0.05) is 12.1 Å². The van der Waals surface area contributed by atoms with Crippen molar-refractivity contribution in [3.8, 4) is 11.1 Å². The first-order valence-corrected chi connectivity index (χ1v) is 9.40. The molecular weight excluding hydrogens is 357 g/mol. The van der Waals surface area contributed by atoms with Crippen molar-refractivity contribution in [1.29, 1.82) is 0 Å². The third-order valence-corrected chi connectivity index (χ3v) is 5.39. The summed E-state index contributed by atoms with van der Waals surface area (Å²) >= 11 is 0. The van der Waals surface area contributed by atoms with Crippen molar-refractivity contribution in [3.05, 3.63) is 60.2 Å². The smallest absolute Gasteiger partial charge is 0.407 e. The predicted molar refractivity (Wildman–Crippen MR) is 108 cm³/mol. The van der Waals surface area contributed by atoms with Crippen LogP contribution in [0.2, 0.25) is 0 Å². The highest BCUT2D eigenvalue weighted by Crippen LogP contribution is 2.34. The molecule has 1 aliphatic heterocycles. The van der Waals surface area contributed by atoms with Gasteiger partial charge >= 0.3 is 6.09 Å². The molecular formula is C22H22FN3O2. The van der Waals surface area contributed by atoms with Gasteiger partial charge in [-0.15, -0.1) is 0 Å². The van der Waals surface area contributed by atoms with Crippen molar-refractivity contribution in [1.82, 2.24) is 9.88 Å². The number of piperidine rings is 1. The zero-order valence-corrected chi connectivity index (χ0v) is 15.7. The summed E-state index contributed by atoms with van der Waals surface area (Å²) in [6.45, 7) is 2.93. The molecule has 28 heavy (non-hydrogen) atoms. The van der Waals surface area contributed by atoms with Crippen molar-refractivity contribution in [2.24, 2.45) is 0 Å². The van der Waals surface area contributed by atoms with Gasteiger partial charge in [-0.05, 0) is 55.2 Å². The lowest BCUT2D eigenvalue weighted by Crippen LogP contribution is -2.41. The van der Waals surface area contributed by atoms with Crippen LogP contribution in [0.15, 0.2) is 48.8 Å². The molecule has 3 aromatic rings. The fourth-order valence-electron chi connectivity index (χ4n) is 3.91. The number of hydrogen-bond acceptors (Lipinski definition) is 3. The van der Waals surface area contributed by atoms with Crippen molar-refractivity contribution in [2.45, 2.75) is 25.8 Å². The highest BCUT2D eigenvalue weighted by atomic mass is 19.1. The largest absolute Gasteiger partial charge is 0.465 e. The van der Waals surface area contributed by atoms with Gasteiger partial charge in [-0.2, -0.15) is 0 Å². The number of aromatic nitrogens is 1. The van der Waals surface area contributed by atoms with Crippen LogP contribution in [-0.4, -0.2) is 40.2 Å². The van der Waals surface area contributed by atoms with Gasteiger partial charge in [-0.25, -0.2) is 9.18 Å². The van der Waals surface area contributed by atoms with Gasteiger partial charge in [0.05, 0.1) is 0 Å². The standard InChI is InChI=1S/C22H22FN3O2/c1-14-3-2-4-19(23)21(14)15-11-16-13-24-8-5-18(16)20(12-15)25-17-6-9-26(10-7-17)22(27)28/h2-5,8,11-13,17,25H,6-7,9-10H2,1H3,(H,27,28). The number of nitrogens with zero attached hydrogens (tertiary/aromatic N) is 2. The Morgan fingerprint density at radius 2 is 2.04 bits per heavy atom. The SMILES string of the molecule is Cc1cccc(F)c1-c1cc(NC2CCN(C(=O)O)CC2)c2ccncc2c1. The molecule has 0 saturated carbocycles. The second-order valence-corrected chi connectivity index (χ2v) is 7.24. The third-order valence-electron chi connectivity index (χ3n) is 5.39. The lowest BCUT2D eigenvalue weighted by molar-refractivity contribution is 0.134. The number of nitrogens with one attached hydrogen (secondary N) is 1. The molecule has 0 aliphatic carbocycles. The van der Waals surface area contributed by atoms with E-state index in [-0.39, 0.29) is 11.9 Å². The molecule has 1 saturated heterocycles. The number of likely N-dealkylation sites (tertiary alicyclic amines) is 1. The Labute approximate surface area is 162 Å². The molecule has 2 aromatic carbocycles. The summed E-state index contributed by atoms with van der Waals surface area (Å²) in [6, 6.07) is 11.2. The molecule has 4 rings (SSSR count). The summed E-state index contributed by atoms with van der Waals surface area (Å²) in [5, 5.41) is 14.7. The van der Waals surface area contributed by atoms with E-state index >= 15 is 0 Å². The number of aryl methyl sites for hydroxylation is 1. The third kappa shape index (κ3) is 3.50. The molecule has 0 radical (unpaired) electrons. The van der Waals surface area contributed by atoms with E-state index in [2.05, 4.69) is 10.3 Å². The Balaban J connectivity index is 1.71. The van der Waals surface area contributed by atoms with Crippen LogP contribution in [-0.2, 0) is 0 Å². The number of amides is 1. The molecule has 0 bridgehead atoms. The van der Waals surface area contributed by atoms with Crippen LogP contribution in [0.25, 0.3) is 21.9 Å². The Morgan fingerprint density at radius 1 is 1.25 bits per heavy atom. The molecule has 1 aromatic heterocycles. The topological polar surface area (TPSA) is 65.5 Å². The Bertz CT molecular complexity index is 1010. The summed E-state index contributed by atoms with van der Waals surface area (Å²) < 4.78 is 14.5. The van der Waals surface area contributed by atoms with Gasteiger partial charge in [0.25, 0.3) is 0 Å². The molecule has 6 heteroatoms. The van der Waals surface area contributed by atoms with Crippen molar-refractivity contribution >= 4 is 22.6 Å². The fraction of sp³-hybridized carbons (Fsp3) is 0.273. The zero-order chi connectivity index (χ0) is 19.7. The van der Waals surface area contributed by atoms with E-state index in [1.807, 2.05) is 31.2 Å². The van der Waals surface area contributed by atoms with Crippen molar-refractivity contribution in [2.75, 3.05) is 18.4 Å². The van der Waals surface area contributed by atoms with E-state index < -0.39 is 6.09 Å². The average Bonchev–Trinajstić information content (AvgIpc) is 2.68. The van der Waals surface area contributed by atoms with Crippen molar-refractivity contribution < 1.29 is 14.3 Å². The zero-order valence-electron chi connectivity index (χ0n) is 15.7. The number of rotatable bonds is 3. The highest BCUT2D eigenvalue weighted by molar-refractivity contribution is 5.97. The first-order valence-electron chi connectivity index (χ1n) is 9.40. The van der Waals surface area contributed by atoms with E-state index in [1.165, 1.54) is 11.0 Å². The van der Waals surface area contributed by atoms with Crippen LogP contribution in [0.1, 0.15) is 18.4 Å². The molecule has 2 N–H and O–H groups in total. The average molecular weight is 379 g/mol. The van der Waals surface area contributed by atoms with E-state index in [0.717, 1.165) is 40.4 Å². The lowest BCUT2D eigenvalue weighted by Gasteiger charge is -2.31. The van der Waals surface area contributed by atoms with E-state index in [1.54, 1.807) is 18.5 Å². The summed E-state index contributed by atoms with van der Waals surface area (Å²) in [7, 11) is 0. The van der Waals surface area contributed by atoms with Gasteiger partial charge in [0.2, 0.25) is 0 Å². The number of carbonyl (C=O) groups is 1. The molecule has 2 heterocycles. The molecule has 0 atom stereocenters. The summed E-state index contributed by atoms with van der Waals surface area (Å²) in [5.41, 5.74) is 3.20. The summed E-state index contributed by atoms with van der Waals surface area (Å²) in [4.78, 5) is 16.8. The molecule has 1 aliphatic rings. The maximum absolute atomic E-state index is 14.5. The number of benzene rings is 2. The van der Waals surface area contributed by atoms with Crippen molar-refractivity contribution in [3.63, 3.8) is 0 Å². The van der Waals surface area contributed by atoms with Gasteiger partial charge in [0, 0.05) is 53.5 Å². The Kier molecular flexibility index (Phi) is 4.86. The van der Waals surface area contributed by atoms with Crippen LogP contribution >= 0.6 is 0 Å². The van der Waals surface area contributed by atoms with Gasteiger partial charge in [0.1, 0.15) is 5.82 Å². The number of pyridine rings is 1. The second-order valence-electron chi connectivity index (χ2n) is 7.24. The number of fused-ring (bicyclic) bond motifs is 1. The van der Waals surface area contributed by atoms with E-state index in [9.17, 15) is 9.18 Å². The summed E-state index contributed by atoms with van der Waals surface area (Å²) in [6.07, 6.45) is 4.14. The number of carboxylic acid groups (broad SMARTS) is 1. The molecule has 5 nitrogen and oxygen atoms in total. The predicted octanol–water partition coefficient (Wildman–Crippen LogP) is 4.90. The molecule has 0 unspecified atom stereocenters.